The van der Waals surface area contributed by atoms with Gasteiger partial charge in [0.05, 0.1) is 5.56 Å². The maximum Gasteiger partial charge on any atom is 0.410 e. The second kappa shape index (κ2) is 9.06. The van der Waals surface area contributed by atoms with Gasteiger partial charge in [-0.15, -0.1) is 0 Å². The van der Waals surface area contributed by atoms with Crippen molar-refractivity contribution < 1.29 is 23.8 Å². The molecule has 1 amide bonds. The molecule has 2 aliphatic rings. The van der Waals surface area contributed by atoms with Crippen LogP contribution < -0.4 is 5.32 Å². The van der Waals surface area contributed by atoms with Crippen molar-refractivity contribution in [2.45, 2.75) is 43.5 Å². The maximum atomic E-state index is 15.2. The maximum absolute atomic E-state index is 15.2. The zero-order valence-corrected chi connectivity index (χ0v) is 17.3. The molecule has 2 unspecified atom stereocenters. The van der Waals surface area contributed by atoms with Crippen molar-refractivity contribution in [3.8, 4) is 0 Å². The molecule has 2 aromatic rings. The lowest BCUT2D eigenvalue weighted by molar-refractivity contribution is 0.0407. The van der Waals surface area contributed by atoms with Crippen molar-refractivity contribution in [3.05, 3.63) is 71.3 Å². The van der Waals surface area contributed by atoms with Crippen LogP contribution in [-0.2, 0) is 11.3 Å². The van der Waals surface area contributed by atoms with Gasteiger partial charge in [-0.1, -0.05) is 42.5 Å². The lowest BCUT2D eigenvalue weighted by Crippen LogP contribution is -2.49. The van der Waals surface area contributed by atoms with Crippen LogP contribution >= 0.6 is 0 Å². The van der Waals surface area contributed by atoms with Crippen LogP contribution in [0.4, 0.5) is 9.18 Å². The van der Waals surface area contributed by atoms with Gasteiger partial charge in [0.25, 0.3) is 0 Å². The molecule has 0 spiro atoms. The summed E-state index contributed by atoms with van der Waals surface area (Å²) in [6.07, 6.45) is 1.13. The molecule has 1 aliphatic heterocycles. The standard InChI is InChI=1S/C24H27FN2O4/c25-24(16-26-21-14-20(21)18-4-2-1-3-5-18)10-12-27(13-11-24)23(30)31-15-17-6-8-19(9-7-17)22(28)29/h1-9,20-21,26H,10-16H2,(H,28,29). The number of hydrogen-bond acceptors (Lipinski definition) is 4. The van der Waals surface area contributed by atoms with Gasteiger partial charge in [0, 0.05) is 44.4 Å². The van der Waals surface area contributed by atoms with Crippen LogP contribution in [-0.4, -0.2) is 53.4 Å². The molecule has 2 fully saturated rings. The Balaban J connectivity index is 1.18. The summed E-state index contributed by atoms with van der Waals surface area (Å²) in [5.74, 6) is -0.539. The summed E-state index contributed by atoms with van der Waals surface area (Å²) in [5, 5.41) is 12.3. The number of hydrogen-bond donors (Lipinski definition) is 2. The Morgan fingerprint density at radius 3 is 2.42 bits per heavy atom. The first kappa shape index (κ1) is 21.3. The Hall–Kier alpha value is -2.93. The van der Waals surface area contributed by atoms with Crippen molar-refractivity contribution in [3.63, 3.8) is 0 Å². The molecular weight excluding hydrogens is 399 g/mol. The van der Waals surface area contributed by atoms with Crippen LogP contribution in [0.3, 0.4) is 0 Å². The highest BCUT2D eigenvalue weighted by Crippen LogP contribution is 2.41. The van der Waals surface area contributed by atoms with Crippen molar-refractivity contribution >= 4 is 12.1 Å². The molecule has 6 nitrogen and oxygen atoms in total. The third kappa shape index (κ3) is 5.41. The van der Waals surface area contributed by atoms with E-state index in [1.165, 1.54) is 22.6 Å². The van der Waals surface area contributed by atoms with Crippen LogP contribution in [0.1, 0.15) is 46.7 Å². The molecule has 31 heavy (non-hydrogen) atoms. The number of rotatable bonds is 7. The van der Waals surface area contributed by atoms with Crippen LogP contribution in [0.2, 0.25) is 0 Å². The first-order chi connectivity index (χ1) is 14.9. The Morgan fingerprint density at radius 2 is 1.77 bits per heavy atom. The lowest BCUT2D eigenvalue weighted by Gasteiger charge is -2.36. The van der Waals surface area contributed by atoms with Gasteiger partial charge in [-0.05, 0) is 29.7 Å². The van der Waals surface area contributed by atoms with Gasteiger partial charge in [-0.25, -0.2) is 14.0 Å². The number of halogens is 1. The third-order valence-electron chi connectivity index (χ3n) is 6.18. The molecule has 2 atom stereocenters. The second-order valence-corrected chi connectivity index (χ2v) is 8.43. The summed E-state index contributed by atoms with van der Waals surface area (Å²) in [5.41, 5.74) is 0.868. The summed E-state index contributed by atoms with van der Waals surface area (Å²) < 4.78 is 20.5. The normalized spacial score (nSPS) is 22.0. The van der Waals surface area contributed by atoms with E-state index in [1.54, 1.807) is 12.1 Å². The van der Waals surface area contributed by atoms with E-state index in [1.807, 2.05) is 18.2 Å². The number of nitrogens with one attached hydrogen (secondary N) is 1. The fourth-order valence-electron chi connectivity index (χ4n) is 4.05. The SMILES string of the molecule is O=C(O)c1ccc(COC(=O)N2CCC(F)(CNC3CC3c3ccccc3)CC2)cc1. The minimum Gasteiger partial charge on any atom is -0.478 e. The smallest absolute Gasteiger partial charge is 0.410 e. The van der Waals surface area contributed by atoms with E-state index in [0.717, 1.165) is 6.42 Å². The zero-order valence-electron chi connectivity index (χ0n) is 17.3. The Morgan fingerprint density at radius 1 is 1.10 bits per heavy atom. The summed E-state index contributed by atoms with van der Waals surface area (Å²) in [7, 11) is 0. The number of alkyl halides is 1. The van der Waals surface area contributed by atoms with Gasteiger partial charge in [-0.2, -0.15) is 0 Å². The van der Waals surface area contributed by atoms with Crippen molar-refractivity contribution in [2.75, 3.05) is 19.6 Å². The van der Waals surface area contributed by atoms with Crippen LogP contribution in [0.15, 0.2) is 54.6 Å². The molecule has 1 saturated carbocycles. The number of carboxylic acid groups (broad SMARTS) is 1. The number of likely N-dealkylation sites (tertiary alicyclic amines) is 1. The Bertz CT molecular complexity index is 911. The fourth-order valence-corrected chi connectivity index (χ4v) is 4.05. The molecule has 7 heteroatoms. The van der Waals surface area contributed by atoms with Crippen LogP contribution in [0.5, 0.6) is 0 Å². The molecule has 164 valence electrons. The highest BCUT2D eigenvalue weighted by atomic mass is 19.1. The van der Waals surface area contributed by atoms with Crippen molar-refractivity contribution in [1.29, 1.82) is 0 Å². The van der Waals surface area contributed by atoms with Gasteiger partial charge in [-0.3, -0.25) is 0 Å². The predicted molar refractivity (Wildman–Crippen MR) is 114 cm³/mol. The van der Waals surface area contributed by atoms with Gasteiger partial charge in [0.2, 0.25) is 0 Å². The number of carbonyl (C=O) groups is 2. The van der Waals surface area contributed by atoms with E-state index >= 15 is 4.39 Å². The van der Waals surface area contributed by atoms with E-state index in [9.17, 15) is 9.59 Å². The average molecular weight is 426 g/mol. The first-order valence-corrected chi connectivity index (χ1v) is 10.6. The van der Waals surface area contributed by atoms with Gasteiger partial charge < -0.3 is 20.1 Å². The number of nitrogens with zero attached hydrogens (tertiary/aromatic N) is 1. The molecule has 4 rings (SSSR count). The number of amides is 1. The van der Waals surface area contributed by atoms with E-state index in [0.29, 0.717) is 37.2 Å². The Labute approximate surface area is 181 Å². The molecule has 2 N–H and O–H groups in total. The third-order valence-corrected chi connectivity index (χ3v) is 6.18. The highest BCUT2D eigenvalue weighted by Gasteiger charge is 2.42. The van der Waals surface area contributed by atoms with E-state index in [2.05, 4.69) is 17.4 Å². The average Bonchev–Trinajstić information content (AvgIpc) is 3.57. The molecular formula is C24H27FN2O4. The summed E-state index contributed by atoms with van der Waals surface area (Å²) in [6, 6.07) is 16.8. The fraction of sp³-hybridized carbons (Fsp3) is 0.417. The van der Waals surface area contributed by atoms with Gasteiger partial charge in [0.15, 0.2) is 0 Å². The van der Waals surface area contributed by atoms with E-state index < -0.39 is 17.7 Å². The molecule has 0 radical (unpaired) electrons. The Kier molecular flexibility index (Phi) is 6.23. The van der Waals surface area contributed by atoms with Crippen LogP contribution in [0.25, 0.3) is 0 Å². The second-order valence-electron chi connectivity index (χ2n) is 8.43. The lowest BCUT2D eigenvalue weighted by atomic mass is 9.93. The minimum absolute atomic E-state index is 0.0557. The first-order valence-electron chi connectivity index (χ1n) is 10.6. The highest BCUT2D eigenvalue weighted by molar-refractivity contribution is 5.87. The largest absolute Gasteiger partial charge is 0.478 e. The van der Waals surface area contributed by atoms with E-state index in [-0.39, 0.29) is 25.0 Å². The molecule has 1 saturated heterocycles. The molecule has 2 aromatic carbocycles. The molecule has 1 aliphatic carbocycles. The molecule has 1 heterocycles. The molecule has 0 bridgehead atoms. The van der Waals surface area contributed by atoms with Crippen molar-refractivity contribution in [1.82, 2.24) is 10.2 Å². The number of carbonyl (C=O) groups excluding carboxylic acids is 1. The summed E-state index contributed by atoms with van der Waals surface area (Å²) in [6.45, 7) is 1.00. The number of aromatic carboxylic acids is 1. The molecule has 0 aromatic heterocycles. The number of carboxylic acids is 1. The quantitative estimate of drug-likeness (QED) is 0.700. The van der Waals surface area contributed by atoms with E-state index in [4.69, 9.17) is 9.84 Å². The minimum atomic E-state index is -1.31. The summed E-state index contributed by atoms with van der Waals surface area (Å²) in [4.78, 5) is 24.7. The van der Waals surface area contributed by atoms with Crippen LogP contribution in [0, 0.1) is 0 Å². The topological polar surface area (TPSA) is 78.9 Å². The summed E-state index contributed by atoms with van der Waals surface area (Å²) >= 11 is 0. The monoisotopic (exact) mass is 426 g/mol. The van der Waals surface area contributed by atoms with Crippen molar-refractivity contribution in [2.24, 2.45) is 0 Å². The number of benzene rings is 2. The number of ether oxygens (including phenoxy) is 1. The predicted octanol–water partition coefficient (Wildman–Crippen LogP) is 3.97. The number of piperidine rings is 1. The zero-order chi connectivity index (χ0) is 21.8. The van der Waals surface area contributed by atoms with Gasteiger partial charge in [0.1, 0.15) is 12.3 Å². The van der Waals surface area contributed by atoms with Gasteiger partial charge >= 0.3 is 12.1 Å².